The highest BCUT2D eigenvalue weighted by atomic mass is 32.2. The number of fused-ring (bicyclic) bond motifs is 1. The largest absolute Gasteiger partial charge is 0.448 e. The fraction of sp³-hybridized carbons (Fsp3) is 0.275. The van der Waals surface area contributed by atoms with Crippen molar-refractivity contribution in [2.45, 2.75) is 36.9 Å². The van der Waals surface area contributed by atoms with Gasteiger partial charge in [-0.2, -0.15) is 0 Å². The molecule has 0 aromatic heterocycles. The highest BCUT2D eigenvalue weighted by molar-refractivity contribution is 7.93. The molecule has 0 unspecified atom stereocenters. The minimum atomic E-state index is -3.96. The molecule has 0 bridgehead atoms. The first-order chi connectivity index (χ1) is 23.8. The van der Waals surface area contributed by atoms with Crippen LogP contribution in [0.25, 0.3) is 10.8 Å². The van der Waals surface area contributed by atoms with Crippen LogP contribution in [0.4, 0.5) is 16.2 Å². The predicted octanol–water partition coefficient (Wildman–Crippen LogP) is 7.40. The van der Waals surface area contributed by atoms with Crippen molar-refractivity contribution in [2.75, 3.05) is 49.5 Å². The van der Waals surface area contributed by atoms with Crippen LogP contribution < -0.4 is 9.21 Å². The quantitative estimate of drug-likeness (QED) is 0.137. The number of carbonyl (C=O) groups is 1. The molecule has 1 aliphatic rings. The van der Waals surface area contributed by atoms with Gasteiger partial charge in [-0.15, -0.1) is 0 Å². The summed E-state index contributed by atoms with van der Waals surface area (Å²) in [6.07, 6.45) is 0.619. The van der Waals surface area contributed by atoms with E-state index in [-0.39, 0.29) is 23.6 Å². The van der Waals surface area contributed by atoms with Crippen molar-refractivity contribution in [1.82, 2.24) is 9.80 Å². The lowest BCUT2D eigenvalue weighted by Gasteiger charge is -2.38. The number of piperidine rings is 1. The first kappa shape index (κ1) is 34.0. The highest BCUT2D eigenvalue weighted by Crippen LogP contribution is 2.36. The summed E-state index contributed by atoms with van der Waals surface area (Å²) in [5, 5.41) is 1.56. The topological polar surface area (TPSA) is 73.4 Å². The van der Waals surface area contributed by atoms with Crippen molar-refractivity contribution in [3.8, 4) is 0 Å². The predicted molar refractivity (Wildman–Crippen MR) is 197 cm³/mol. The van der Waals surface area contributed by atoms with Crippen LogP contribution in [0, 0.1) is 0 Å². The molecule has 1 aliphatic heterocycles. The lowest BCUT2D eigenvalue weighted by Crippen LogP contribution is -2.49. The standard InChI is InChI=1S/C40H44N4O4S/c1-41(2)38-22-12-21-37-36(38)20-13-23-39(37)49(46,47)44(34-18-10-5-11-19-34)35-24-26-43(27-25-35)40(45)48-29-28-42(30-32-14-6-3-7-15-32)31-33-16-8-4-9-17-33/h3-23,35H,24-31H2,1-2H3. The molecule has 9 heteroatoms. The van der Waals surface area contributed by atoms with Crippen LogP contribution in [-0.4, -0.2) is 70.7 Å². The van der Waals surface area contributed by atoms with E-state index in [2.05, 4.69) is 29.2 Å². The van der Waals surface area contributed by atoms with Gasteiger partial charge in [0.25, 0.3) is 10.0 Å². The lowest BCUT2D eigenvalue weighted by molar-refractivity contribution is 0.0806. The monoisotopic (exact) mass is 676 g/mol. The van der Waals surface area contributed by atoms with E-state index in [0.717, 1.165) is 24.2 Å². The average molecular weight is 677 g/mol. The fourth-order valence-electron chi connectivity index (χ4n) is 6.64. The molecule has 5 aromatic rings. The summed E-state index contributed by atoms with van der Waals surface area (Å²) in [5.74, 6) is 0. The molecule has 6 rings (SSSR count). The highest BCUT2D eigenvalue weighted by Gasteiger charge is 2.36. The third-order valence-electron chi connectivity index (χ3n) is 9.07. The van der Waals surface area contributed by atoms with E-state index in [1.165, 1.54) is 11.1 Å². The van der Waals surface area contributed by atoms with E-state index in [1.54, 1.807) is 15.3 Å². The van der Waals surface area contributed by atoms with Gasteiger partial charge in [-0.1, -0.05) is 103 Å². The van der Waals surface area contributed by atoms with Crippen molar-refractivity contribution in [3.63, 3.8) is 0 Å². The molecular formula is C40H44N4O4S. The number of nitrogens with zero attached hydrogens (tertiary/aromatic N) is 4. The van der Waals surface area contributed by atoms with Crippen LogP contribution in [0.2, 0.25) is 0 Å². The number of likely N-dealkylation sites (tertiary alicyclic amines) is 1. The Morgan fingerprint density at radius 1 is 0.714 bits per heavy atom. The Bertz CT molecular complexity index is 1890. The molecule has 1 saturated heterocycles. The van der Waals surface area contributed by atoms with Crippen molar-refractivity contribution < 1.29 is 17.9 Å². The second kappa shape index (κ2) is 15.6. The molecule has 0 N–H and O–H groups in total. The Balaban J connectivity index is 1.13. The summed E-state index contributed by atoms with van der Waals surface area (Å²) in [6.45, 7) is 3.15. The van der Waals surface area contributed by atoms with Gasteiger partial charge < -0.3 is 14.5 Å². The number of rotatable bonds is 12. The first-order valence-corrected chi connectivity index (χ1v) is 18.3. The van der Waals surface area contributed by atoms with E-state index < -0.39 is 10.0 Å². The maximum atomic E-state index is 14.6. The van der Waals surface area contributed by atoms with Crippen LogP contribution >= 0.6 is 0 Å². The Hall–Kier alpha value is -4.86. The molecular weight excluding hydrogens is 633 g/mol. The average Bonchev–Trinajstić information content (AvgIpc) is 3.12. The first-order valence-electron chi connectivity index (χ1n) is 16.8. The zero-order valence-corrected chi connectivity index (χ0v) is 29.0. The van der Waals surface area contributed by atoms with E-state index in [0.29, 0.717) is 43.5 Å². The molecule has 0 saturated carbocycles. The third kappa shape index (κ3) is 8.07. The molecule has 1 heterocycles. The maximum absolute atomic E-state index is 14.6. The van der Waals surface area contributed by atoms with E-state index in [9.17, 15) is 13.2 Å². The third-order valence-corrected chi connectivity index (χ3v) is 11.0. The summed E-state index contributed by atoms with van der Waals surface area (Å²) < 4.78 is 36.6. The zero-order valence-electron chi connectivity index (χ0n) is 28.2. The zero-order chi connectivity index (χ0) is 34.2. The number of ether oxygens (including phenoxy) is 1. The number of amides is 1. The number of anilines is 2. The van der Waals surface area contributed by atoms with Crippen LogP contribution in [-0.2, 0) is 27.8 Å². The fourth-order valence-corrected chi connectivity index (χ4v) is 8.56. The SMILES string of the molecule is CN(C)c1cccc2c(S(=O)(=O)N(c3ccccc3)C3CCN(C(=O)OCCN(Cc4ccccc4)Cc4ccccc4)CC3)cccc12. The number of hydrogen-bond acceptors (Lipinski definition) is 6. The van der Waals surface area contributed by atoms with Crippen molar-refractivity contribution in [1.29, 1.82) is 0 Å². The lowest BCUT2D eigenvalue weighted by atomic mass is 10.0. The van der Waals surface area contributed by atoms with Gasteiger partial charge in [0.1, 0.15) is 6.61 Å². The minimum Gasteiger partial charge on any atom is -0.448 e. The molecule has 1 amide bonds. The second-order valence-corrected chi connectivity index (χ2v) is 14.5. The normalized spacial score (nSPS) is 13.8. The van der Waals surface area contributed by atoms with Gasteiger partial charge in [0.15, 0.2) is 0 Å². The Morgan fingerprint density at radius 2 is 1.27 bits per heavy atom. The maximum Gasteiger partial charge on any atom is 0.409 e. The van der Waals surface area contributed by atoms with Crippen molar-refractivity contribution in [3.05, 3.63) is 139 Å². The van der Waals surface area contributed by atoms with Gasteiger partial charge in [0.05, 0.1) is 10.6 Å². The molecule has 5 aromatic carbocycles. The second-order valence-electron chi connectivity index (χ2n) is 12.7. The summed E-state index contributed by atoms with van der Waals surface area (Å²) in [5.41, 5.74) is 3.97. The molecule has 0 aliphatic carbocycles. The van der Waals surface area contributed by atoms with Crippen molar-refractivity contribution in [2.24, 2.45) is 0 Å². The van der Waals surface area contributed by atoms with Gasteiger partial charge in [-0.05, 0) is 48.2 Å². The molecule has 1 fully saturated rings. The van der Waals surface area contributed by atoms with Gasteiger partial charge in [-0.3, -0.25) is 9.21 Å². The number of hydrogen-bond donors (Lipinski definition) is 0. The molecule has 0 atom stereocenters. The Morgan fingerprint density at radius 3 is 1.86 bits per heavy atom. The molecule has 254 valence electrons. The van der Waals surface area contributed by atoms with Crippen LogP contribution in [0.5, 0.6) is 0 Å². The van der Waals surface area contributed by atoms with Gasteiger partial charge in [0.2, 0.25) is 0 Å². The number of benzene rings is 5. The van der Waals surface area contributed by atoms with Gasteiger partial charge in [-0.25, -0.2) is 13.2 Å². The molecule has 49 heavy (non-hydrogen) atoms. The van der Waals surface area contributed by atoms with Gasteiger partial charge >= 0.3 is 6.09 Å². The Kier molecular flexibility index (Phi) is 10.8. The summed E-state index contributed by atoms with van der Waals surface area (Å²) in [4.78, 5) is 19.5. The van der Waals surface area contributed by atoms with E-state index in [4.69, 9.17) is 4.74 Å². The van der Waals surface area contributed by atoms with Crippen LogP contribution in [0.3, 0.4) is 0 Å². The number of carbonyl (C=O) groups excluding carboxylic acids is 1. The summed E-state index contributed by atoms with van der Waals surface area (Å²) in [7, 11) is -0.0517. The van der Waals surface area contributed by atoms with E-state index >= 15 is 0 Å². The Labute approximate surface area is 290 Å². The number of para-hydroxylation sites is 1. The molecule has 0 radical (unpaired) electrons. The molecule has 0 spiro atoms. The van der Waals surface area contributed by atoms with Crippen LogP contribution in [0.15, 0.2) is 132 Å². The van der Waals surface area contributed by atoms with Gasteiger partial charge in [0, 0.05) is 69.3 Å². The van der Waals surface area contributed by atoms with E-state index in [1.807, 2.05) is 116 Å². The molecule has 8 nitrogen and oxygen atoms in total. The summed E-state index contributed by atoms with van der Waals surface area (Å²) in [6, 6.07) is 40.8. The smallest absolute Gasteiger partial charge is 0.409 e. The van der Waals surface area contributed by atoms with Crippen LogP contribution in [0.1, 0.15) is 24.0 Å². The summed E-state index contributed by atoms with van der Waals surface area (Å²) >= 11 is 0. The van der Waals surface area contributed by atoms with Crippen molar-refractivity contribution >= 4 is 38.3 Å². The minimum absolute atomic E-state index is 0.263. The number of sulfonamides is 1.